The van der Waals surface area contributed by atoms with Gasteiger partial charge in [0.1, 0.15) is 19.0 Å². The smallest absolute Gasteiger partial charge is 0.265 e. The average molecular weight is 471 g/mol. The Morgan fingerprint density at radius 3 is 2.48 bits per heavy atom. The second-order valence-corrected chi connectivity index (χ2v) is 7.37. The van der Waals surface area contributed by atoms with Crippen LogP contribution in [0.1, 0.15) is 12.5 Å². The van der Waals surface area contributed by atoms with Crippen molar-refractivity contribution < 1.29 is 19.0 Å². The van der Waals surface area contributed by atoms with Crippen molar-refractivity contribution in [1.82, 2.24) is 0 Å². The highest BCUT2D eigenvalue weighted by Crippen LogP contribution is 2.38. The monoisotopic (exact) mass is 469 g/mol. The Hall–Kier alpha value is -1.73. The van der Waals surface area contributed by atoms with Gasteiger partial charge in [0.25, 0.3) is 5.91 Å². The summed E-state index contributed by atoms with van der Waals surface area (Å²) < 4.78 is 18.4. The number of hydrogen-bond acceptors (Lipinski definition) is 4. The maximum Gasteiger partial charge on any atom is 0.265 e. The van der Waals surface area contributed by atoms with E-state index in [1.54, 1.807) is 19.1 Å². The van der Waals surface area contributed by atoms with Crippen molar-refractivity contribution in [2.24, 2.45) is 0 Å². The number of carbonyl (C=O) groups excluding carboxylic acids is 1. The van der Waals surface area contributed by atoms with E-state index in [9.17, 15) is 4.79 Å². The van der Waals surface area contributed by atoms with Gasteiger partial charge in [-0.3, -0.25) is 4.79 Å². The van der Waals surface area contributed by atoms with Crippen LogP contribution in [0.3, 0.4) is 0 Å². The Morgan fingerprint density at radius 2 is 1.80 bits per heavy atom. The molecule has 0 bridgehead atoms. The van der Waals surface area contributed by atoms with E-state index < -0.39 is 6.10 Å². The van der Waals surface area contributed by atoms with Crippen molar-refractivity contribution in [2.45, 2.75) is 20.0 Å². The molecule has 0 radical (unpaired) electrons. The summed E-state index contributed by atoms with van der Waals surface area (Å²) in [6.45, 7) is 4.70. The molecule has 1 aliphatic rings. The van der Waals surface area contributed by atoms with Crippen molar-refractivity contribution in [1.29, 1.82) is 0 Å². The van der Waals surface area contributed by atoms with Crippen molar-refractivity contribution >= 4 is 43.5 Å². The van der Waals surface area contributed by atoms with Gasteiger partial charge in [-0.1, -0.05) is 6.07 Å². The van der Waals surface area contributed by atoms with Gasteiger partial charge < -0.3 is 19.5 Å². The summed E-state index contributed by atoms with van der Waals surface area (Å²) in [5, 5.41) is 2.85. The Bertz CT molecular complexity index is 810. The zero-order valence-electron chi connectivity index (χ0n) is 13.8. The molecule has 2 aromatic carbocycles. The third-order valence-electron chi connectivity index (χ3n) is 3.65. The second-order valence-electron chi connectivity index (χ2n) is 5.66. The maximum absolute atomic E-state index is 12.5. The SMILES string of the molecule is Cc1ccc(OC(C)C(=O)Nc2cc3c(cc2Br)OCCO3)c(Br)c1. The fourth-order valence-electron chi connectivity index (χ4n) is 2.34. The lowest BCUT2D eigenvalue weighted by atomic mass is 10.2. The summed E-state index contributed by atoms with van der Waals surface area (Å²) in [6, 6.07) is 9.24. The van der Waals surface area contributed by atoms with Crippen LogP contribution in [0, 0.1) is 6.92 Å². The lowest BCUT2D eigenvalue weighted by Gasteiger charge is -2.21. The summed E-state index contributed by atoms with van der Waals surface area (Å²) in [6.07, 6.45) is -0.667. The van der Waals surface area contributed by atoms with Gasteiger partial charge in [-0.05, 0) is 63.4 Å². The summed E-state index contributed by atoms with van der Waals surface area (Å²) in [5.41, 5.74) is 1.71. The van der Waals surface area contributed by atoms with E-state index in [0.717, 1.165) is 10.0 Å². The van der Waals surface area contributed by atoms with Crippen molar-refractivity contribution in [3.8, 4) is 17.2 Å². The summed E-state index contributed by atoms with van der Waals surface area (Å²) >= 11 is 6.89. The largest absolute Gasteiger partial charge is 0.486 e. The van der Waals surface area contributed by atoms with E-state index in [1.807, 2.05) is 25.1 Å². The molecule has 1 heterocycles. The molecular formula is C18H17Br2NO4. The maximum atomic E-state index is 12.5. The van der Waals surface area contributed by atoms with Crippen molar-refractivity contribution in [3.05, 3.63) is 44.8 Å². The minimum absolute atomic E-state index is 0.259. The number of aryl methyl sites for hydroxylation is 1. The normalized spacial score (nSPS) is 13.9. The van der Waals surface area contributed by atoms with E-state index >= 15 is 0 Å². The molecule has 0 fully saturated rings. The van der Waals surface area contributed by atoms with Crippen LogP contribution in [0.25, 0.3) is 0 Å². The van der Waals surface area contributed by atoms with Crippen LogP contribution >= 0.6 is 31.9 Å². The number of anilines is 1. The summed E-state index contributed by atoms with van der Waals surface area (Å²) in [5.74, 6) is 1.63. The number of carbonyl (C=O) groups is 1. The number of halogens is 2. The van der Waals surface area contributed by atoms with Crippen LogP contribution in [-0.2, 0) is 4.79 Å². The Balaban J connectivity index is 1.71. The van der Waals surface area contributed by atoms with E-state index in [0.29, 0.717) is 40.6 Å². The highest BCUT2D eigenvalue weighted by atomic mass is 79.9. The van der Waals surface area contributed by atoms with Gasteiger partial charge in [-0.15, -0.1) is 0 Å². The van der Waals surface area contributed by atoms with Gasteiger partial charge in [0.15, 0.2) is 17.6 Å². The van der Waals surface area contributed by atoms with Gasteiger partial charge >= 0.3 is 0 Å². The molecular weight excluding hydrogens is 454 g/mol. The fraction of sp³-hybridized carbons (Fsp3) is 0.278. The number of hydrogen-bond donors (Lipinski definition) is 1. The van der Waals surface area contributed by atoms with Gasteiger partial charge in [-0.25, -0.2) is 0 Å². The highest BCUT2D eigenvalue weighted by molar-refractivity contribution is 9.11. The molecule has 0 saturated carbocycles. The molecule has 2 aromatic rings. The van der Waals surface area contributed by atoms with Crippen LogP contribution in [0.2, 0.25) is 0 Å². The number of rotatable bonds is 4. The van der Waals surface area contributed by atoms with Crippen molar-refractivity contribution in [3.63, 3.8) is 0 Å². The van der Waals surface area contributed by atoms with Crippen LogP contribution in [0.15, 0.2) is 39.3 Å². The Labute approximate surface area is 162 Å². The average Bonchev–Trinajstić information content (AvgIpc) is 2.58. The van der Waals surface area contributed by atoms with Crippen molar-refractivity contribution in [2.75, 3.05) is 18.5 Å². The molecule has 0 spiro atoms. The molecule has 3 rings (SSSR count). The molecule has 1 N–H and O–H groups in total. The summed E-state index contributed by atoms with van der Waals surface area (Å²) in [7, 11) is 0. The van der Waals surface area contributed by atoms with E-state index in [2.05, 4.69) is 37.2 Å². The molecule has 1 amide bonds. The molecule has 1 atom stereocenters. The molecule has 5 nitrogen and oxygen atoms in total. The van der Waals surface area contributed by atoms with Gasteiger partial charge in [0.2, 0.25) is 0 Å². The van der Waals surface area contributed by atoms with Crippen LogP contribution < -0.4 is 19.5 Å². The minimum Gasteiger partial charge on any atom is -0.486 e. The highest BCUT2D eigenvalue weighted by Gasteiger charge is 2.20. The zero-order chi connectivity index (χ0) is 18.0. The third kappa shape index (κ3) is 4.27. The van der Waals surface area contributed by atoms with Gasteiger partial charge in [0, 0.05) is 16.6 Å². The number of ether oxygens (including phenoxy) is 3. The van der Waals surface area contributed by atoms with E-state index in [4.69, 9.17) is 14.2 Å². The van der Waals surface area contributed by atoms with E-state index in [-0.39, 0.29) is 5.91 Å². The Kier molecular flexibility index (Phi) is 5.54. The Morgan fingerprint density at radius 1 is 1.12 bits per heavy atom. The molecule has 7 heteroatoms. The van der Waals surface area contributed by atoms with E-state index in [1.165, 1.54) is 0 Å². The van der Waals surface area contributed by atoms with Crippen LogP contribution in [0.4, 0.5) is 5.69 Å². The zero-order valence-corrected chi connectivity index (χ0v) is 16.9. The van der Waals surface area contributed by atoms with Gasteiger partial charge in [0.05, 0.1) is 10.2 Å². The van der Waals surface area contributed by atoms with Crippen LogP contribution in [-0.4, -0.2) is 25.2 Å². The minimum atomic E-state index is -0.667. The topological polar surface area (TPSA) is 56.8 Å². The first-order valence-electron chi connectivity index (χ1n) is 7.77. The third-order valence-corrected chi connectivity index (χ3v) is 4.93. The summed E-state index contributed by atoms with van der Waals surface area (Å²) in [4.78, 5) is 12.5. The van der Waals surface area contributed by atoms with Crippen LogP contribution in [0.5, 0.6) is 17.2 Å². The predicted molar refractivity (Wildman–Crippen MR) is 103 cm³/mol. The molecule has 0 aromatic heterocycles. The number of fused-ring (bicyclic) bond motifs is 1. The molecule has 132 valence electrons. The van der Waals surface area contributed by atoms with Gasteiger partial charge in [-0.2, -0.15) is 0 Å². The lowest BCUT2D eigenvalue weighted by molar-refractivity contribution is -0.122. The first kappa shape index (κ1) is 18.1. The predicted octanol–water partition coefficient (Wildman–Crippen LogP) is 4.70. The lowest BCUT2D eigenvalue weighted by Crippen LogP contribution is -2.30. The molecule has 1 aliphatic heterocycles. The molecule has 0 saturated heterocycles. The second kappa shape index (κ2) is 7.66. The molecule has 1 unspecified atom stereocenters. The molecule has 0 aliphatic carbocycles. The first-order chi connectivity index (χ1) is 11.9. The number of benzene rings is 2. The standard InChI is InChI=1S/C18H17Br2NO4/c1-10-3-4-15(13(20)7-10)25-11(2)18(22)21-14-9-17-16(8-12(14)19)23-5-6-24-17/h3-4,7-9,11H,5-6H2,1-2H3,(H,21,22). The molecule has 25 heavy (non-hydrogen) atoms. The first-order valence-corrected chi connectivity index (χ1v) is 9.35. The fourth-order valence-corrected chi connectivity index (χ4v) is 3.35. The quantitative estimate of drug-likeness (QED) is 0.703. The number of nitrogens with one attached hydrogen (secondary N) is 1. The number of amides is 1.